The number of thiazole rings is 1. The number of anilines is 1. The summed E-state index contributed by atoms with van der Waals surface area (Å²) < 4.78 is 36.9. The maximum atomic E-state index is 13.6. The van der Waals surface area contributed by atoms with E-state index in [1.807, 2.05) is 6.07 Å². The van der Waals surface area contributed by atoms with Gasteiger partial charge in [-0.3, -0.25) is 14.2 Å². The second kappa shape index (κ2) is 11.7. The minimum absolute atomic E-state index is 0.0487. The third-order valence-corrected chi connectivity index (χ3v) is 6.58. The molecule has 0 saturated heterocycles. The summed E-state index contributed by atoms with van der Waals surface area (Å²) in [4.78, 5) is 26.7. The van der Waals surface area contributed by atoms with Gasteiger partial charge in [0, 0.05) is 16.3 Å². The molecule has 3 aromatic carbocycles. The molecule has 4 rings (SSSR count). The van der Waals surface area contributed by atoms with Crippen molar-refractivity contribution >= 4 is 46.2 Å². The SMILES string of the molecule is COc1ccc(-n2c(=C(C#N)C(=O)Nc3ccc(Cl)cc3)sc(=Cc3ccccc3OC(F)F)c2=O)cc1. The van der Waals surface area contributed by atoms with E-state index in [1.165, 1.54) is 36.0 Å². The summed E-state index contributed by atoms with van der Waals surface area (Å²) in [6.45, 7) is -3.06. The summed E-state index contributed by atoms with van der Waals surface area (Å²) in [5.41, 5.74) is 0.102. The van der Waals surface area contributed by atoms with Crippen LogP contribution in [0.5, 0.6) is 11.5 Å². The van der Waals surface area contributed by atoms with Crippen molar-refractivity contribution < 1.29 is 23.0 Å². The van der Waals surface area contributed by atoms with Crippen LogP contribution in [0.4, 0.5) is 14.5 Å². The number of carbonyl (C=O) groups excluding carboxylic acids is 1. The van der Waals surface area contributed by atoms with Gasteiger partial charge in [-0.25, -0.2) is 0 Å². The van der Waals surface area contributed by atoms with Crippen molar-refractivity contribution in [3.05, 3.63) is 103 Å². The second-order valence-electron chi connectivity index (χ2n) is 7.62. The van der Waals surface area contributed by atoms with E-state index in [4.69, 9.17) is 16.3 Å². The summed E-state index contributed by atoms with van der Waals surface area (Å²) in [5.74, 6) is -0.336. The second-order valence-corrected chi connectivity index (χ2v) is 9.09. The van der Waals surface area contributed by atoms with Crippen LogP contribution in [0.15, 0.2) is 77.6 Å². The molecule has 1 amide bonds. The number of nitriles is 1. The third-order valence-electron chi connectivity index (χ3n) is 5.23. The first-order valence-electron chi connectivity index (χ1n) is 10.9. The van der Waals surface area contributed by atoms with Crippen LogP contribution in [0.3, 0.4) is 0 Å². The average molecular weight is 554 g/mol. The van der Waals surface area contributed by atoms with Crippen LogP contribution in [-0.4, -0.2) is 24.2 Å². The highest BCUT2D eigenvalue weighted by Crippen LogP contribution is 2.21. The number of alkyl halides is 2. The van der Waals surface area contributed by atoms with E-state index in [1.54, 1.807) is 54.6 Å². The summed E-state index contributed by atoms with van der Waals surface area (Å²) in [7, 11) is 1.49. The van der Waals surface area contributed by atoms with Crippen LogP contribution < -0.4 is 29.5 Å². The lowest BCUT2D eigenvalue weighted by Crippen LogP contribution is -2.32. The molecular formula is C27H18ClF2N3O4S. The molecule has 0 spiro atoms. The van der Waals surface area contributed by atoms with Crippen molar-refractivity contribution in [2.24, 2.45) is 0 Å². The molecule has 7 nitrogen and oxygen atoms in total. The number of benzene rings is 3. The molecule has 11 heteroatoms. The number of amides is 1. The number of para-hydroxylation sites is 1. The largest absolute Gasteiger partial charge is 0.497 e. The standard InChI is InChI=1S/C27H18ClF2N3O4S/c1-36-20-12-10-19(11-13-20)33-25(35)23(14-16-4-2-3-5-22(16)37-27(29)30)38-26(33)21(15-31)24(34)32-18-8-6-17(28)7-9-18/h2-14,27H,1H3,(H,32,34). The Bertz CT molecular complexity index is 1690. The molecule has 0 bridgehead atoms. The van der Waals surface area contributed by atoms with Gasteiger partial charge in [0.15, 0.2) is 5.57 Å². The fourth-order valence-electron chi connectivity index (χ4n) is 3.48. The molecule has 0 atom stereocenters. The topological polar surface area (TPSA) is 93.3 Å². The number of aromatic nitrogens is 1. The first kappa shape index (κ1) is 26.6. The number of rotatable bonds is 7. The van der Waals surface area contributed by atoms with E-state index in [0.29, 0.717) is 22.1 Å². The van der Waals surface area contributed by atoms with Gasteiger partial charge in [0.1, 0.15) is 22.2 Å². The van der Waals surface area contributed by atoms with Gasteiger partial charge in [0.2, 0.25) is 0 Å². The van der Waals surface area contributed by atoms with Crippen LogP contribution in [0.1, 0.15) is 5.56 Å². The Morgan fingerprint density at radius 1 is 1.11 bits per heavy atom. The van der Waals surface area contributed by atoms with Crippen molar-refractivity contribution in [3.8, 4) is 23.3 Å². The molecule has 192 valence electrons. The van der Waals surface area contributed by atoms with E-state index >= 15 is 0 Å². The lowest BCUT2D eigenvalue weighted by Gasteiger charge is -2.07. The maximum Gasteiger partial charge on any atom is 0.387 e. The van der Waals surface area contributed by atoms with Crippen molar-refractivity contribution in [1.82, 2.24) is 4.57 Å². The Labute approximate surface area is 224 Å². The maximum absolute atomic E-state index is 13.6. The normalized spacial score (nSPS) is 12.2. The lowest BCUT2D eigenvalue weighted by atomic mass is 10.2. The van der Waals surface area contributed by atoms with E-state index in [-0.39, 0.29) is 26.1 Å². The van der Waals surface area contributed by atoms with Crippen molar-refractivity contribution in [2.75, 3.05) is 12.4 Å². The monoisotopic (exact) mass is 553 g/mol. The van der Waals surface area contributed by atoms with Crippen LogP contribution in [0.25, 0.3) is 17.3 Å². The van der Waals surface area contributed by atoms with Gasteiger partial charge in [-0.15, -0.1) is 11.3 Å². The Hall–Kier alpha value is -4.46. The van der Waals surface area contributed by atoms with Gasteiger partial charge >= 0.3 is 6.61 Å². The van der Waals surface area contributed by atoms with Crippen LogP contribution in [-0.2, 0) is 4.79 Å². The number of nitrogens with one attached hydrogen (secondary N) is 1. The van der Waals surface area contributed by atoms with Gasteiger partial charge in [0.25, 0.3) is 11.5 Å². The third kappa shape index (κ3) is 5.91. The number of methoxy groups -OCH3 is 1. The molecule has 0 fully saturated rings. The van der Waals surface area contributed by atoms with Gasteiger partial charge in [-0.1, -0.05) is 29.8 Å². The van der Waals surface area contributed by atoms with Crippen molar-refractivity contribution in [1.29, 1.82) is 5.26 Å². The first-order valence-corrected chi connectivity index (χ1v) is 12.1. The summed E-state index contributed by atoms with van der Waals surface area (Å²) in [6, 6.07) is 20.6. The highest BCUT2D eigenvalue weighted by atomic mass is 35.5. The number of carbonyl (C=O) groups is 1. The summed E-state index contributed by atoms with van der Waals surface area (Å²) in [5, 5.41) is 13.0. The molecule has 1 heterocycles. The molecule has 0 aliphatic rings. The fraction of sp³-hybridized carbons (Fsp3) is 0.0741. The van der Waals surface area contributed by atoms with Gasteiger partial charge in [-0.05, 0) is 60.7 Å². The minimum atomic E-state index is -3.06. The predicted octanol–water partition coefficient (Wildman–Crippen LogP) is 4.30. The van der Waals surface area contributed by atoms with E-state index in [2.05, 4.69) is 10.1 Å². The average Bonchev–Trinajstić information content (AvgIpc) is 3.22. The van der Waals surface area contributed by atoms with Crippen LogP contribution in [0, 0.1) is 11.3 Å². The van der Waals surface area contributed by atoms with Crippen molar-refractivity contribution in [3.63, 3.8) is 0 Å². The first-order chi connectivity index (χ1) is 18.3. The minimum Gasteiger partial charge on any atom is -0.497 e. The van der Waals surface area contributed by atoms with Crippen LogP contribution in [0.2, 0.25) is 5.02 Å². The van der Waals surface area contributed by atoms with E-state index in [0.717, 1.165) is 11.3 Å². The van der Waals surface area contributed by atoms with E-state index < -0.39 is 18.1 Å². The van der Waals surface area contributed by atoms with Gasteiger partial charge in [-0.2, -0.15) is 14.0 Å². The van der Waals surface area contributed by atoms with Gasteiger partial charge < -0.3 is 14.8 Å². The number of ether oxygens (including phenoxy) is 2. The van der Waals surface area contributed by atoms with E-state index in [9.17, 15) is 23.6 Å². The molecule has 0 saturated carbocycles. The Morgan fingerprint density at radius 2 is 1.79 bits per heavy atom. The zero-order valence-electron chi connectivity index (χ0n) is 19.7. The van der Waals surface area contributed by atoms with Crippen molar-refractivity contribution in [2.45, 2.75) is 6.61 Å². The highest BCUT2D eigenvalue weighted by molar-refractivity contribution is 7.07. The predicted molar refractivity (Wildman–Crippen MR) is 141 cm³/mol. The molecule has 0 radical (unpaired) electrons. The zero-order valence-corrected chi connectivity index (χ0v) is 21.2. The molecule has 1 N–H and O–H groups in total. The molecule has 0 aliphatic carbocycles. The molecule has 1 aromatic heterocycles. The Morgan fingerprint density at radius 3 is 2.42 bits per heavy atom. The molecule has 4 aromatic rings. The number of halogens is 3. The Balaban J connectivity index is 1.95. The number of hydrogen-bond acceptors (Lipinski definition) is 6. The molecular weight excluding hydrogens is 536 g/mol. The van der Waals surface area contributed by atoms with Gasteiger partial charge in [0.05, 0.1) is 17.3 Å². The number of nitrogens with zero attached hydrogens (tertiary/aromatic N) is 2. The highest BCUT2D eigenvalue weighted by Gasteiger charge is 2.18. The molecule has 38 heavy (non-hydrogen) atoms. The van der Waals surface area contributed by atoms with Crippen LogP contribution >= 0.6 is 22.9 Å². The smallest absolute Gasteiger partial charge is 0.387 e. The quantitative estimate of drug-likeness (QED) is 0.368. The summed E-state index contributed by atoms with van der Waals surface area (Å²) >= 11 is 6.77. The fourth-order valence-corrected chi connectivity index (χ4v) is 4.70. The summed E-state index contributed by atoms with van der Waals surface area (Å²) in [6.07, 6.45) is 1.38. The molecule has 0 aliphatic heterocycles. The number of hydrogen-bond donors (Lipinski definition) is 1. The molecule has 0 unspecified atom stereocenters. The zero-order chi connectivity index (χ0) is 27.2. The lowest BCUT2D eigenvalue weighted by molar-refractivity contribution is -0.111. The Kier molecular flexibility index (Phi) is 8.21.